The molecular weight excluding hydrogens is 358 g/mol. The fourth-order valence-electron chi connectivity index (χ4n) is 1.70. The Kier molecular flexibility index (Phi) is 5.08. The third-order valence-corrected chi connectivity index (χ3v) is 4.36. The van der Waals surface area contributed by atoms with E-state index in [4.69, 9.17) is 19.9 Å². The van der Waals surface area contributed by atoms with Gasteiger partial charge in [-0.05, 0) is 34.1 Å². The van der Waals surface area contributed by atoms with E-state index in [9.17, 15) is 4.79 Å². The van der Waals surface area contributed by atoms with Crippen LogP contribution in [0.15, 0.2) is 28.1 Å². The maximum Gasteiger partial charge on any atom is 0.340 e. The van der Waals surface area contributed by atoms with Crippen molar-refractivity contribution in [1.82, 2.24) is 0 Å². The van der Waals surface area contributed by atoms with Gasteiger partial charge in [0.2, 0.25) is 0 Å². The van der Waals surface area contributed by atoms with E-state index in [1.165, 1.54) is 31.6 Å². The van der Waals surface area contributed by atoms with E-state index in [1.54, 1.807) is 6.07 Å². The van der Waals surface area contributed by atoms with Crippen LogP contribution in [0.3, 0.4) is 0 Å². The fourth-order valence-corrected chi connectivity index (χ4v) is 3.10. The number of nitrogens with two attached hydrogens (primary N) is 1. The van der Waals surface area contributed by atoms with E-state index >= 15 is 0 Å². The summed E-state index contributed by atoms with van der Waals surface area (Å²) in [6.07, 6.45) is 0. The van der Waals surface area contributed by atoms with Crippen LogP contribution in [0.4, 0.5) is 5.69 Å². The van der Waals surface area contributed by atoms with Crippen molar-refractivity contribution in [3.8, 4) is 11.5 Å². The van der Waals surface area contributed by atoms with Gasteiger partial charge in [0.15, 0.2) is 0 Å². The molecule has 0 unspecified atom stereocenters. The van der Waals surface area contributed by atoms with Gasteiger partial charge in [-0.1, -0.05) is 0 Å². The Morgan fingerprint density at radius 2 is 2.05 bits per heavy atom. The lowest BCUT2D eigenvalue weighted by atomic mass is 10.1. The summed E-state index contributed by atoms with van der Waals surface area (Å²) in [5.74, 6) is 0.334. The molecule has 2 aromatic rings. The minimum atomic E-state index is -0.519. The third-order valence-electron chi connectivity index (χ3n) is 2.77. The number of methoxy groups -OCH3 is 2. The normalized spacial score (nSPS) is 10.2. The zero-order valence-corrected chi connectivity index (χ0v) is 13.9. The number of anilines is 1. The second-order valence-corrected chi connectivity index (χ2v) is 6.62. The molecule has 0 atom stereocenters. The summed E-state index contributed by atoms with van der Waals surface area (Å²) >= 11 is 4.86. The zero-order valence-electron chi connectivity index (χ0n) is 11.5. The van der Waals surface area contributed by atoms with Crippen molar-refractivity contribution in [2.75, 3.05) is 20.0 Å². The monoisotopic (exact) mass is 371 g/mol. The lowest BCUT2D eigenvalue weighted by molar-refractivity contribution is 0.0477. The van der Waals surface area contributed by atoms with Gasteiger partial charge in [0, 0.05) is 10.9 Å². The Labute approximate surface area is 134 Å². The number of hydrogen-bond donors (Lipinski definition) is 1. The Morgan fingerprint density at radius 1 is 1.29 bits per heavy atom. The molecule has 0 aliphatic carbocycles. The van der Waals surface area contributed by atoms with E-state index in [1.807, 2.05) is 12.1 Å². The van der Waals surface area contributed by atoms with E-state index in [0.717, 1.165) is 8.66 Å². The minimum Gasteiger partial charge on any atom is -0.497 e. The predicted molar refractivity (Wildman–Crippen MR) is 85.1 cm³/mol. The van der Waals surface area contributed by atoms with Gasteiger partial charge in [-0.3, -0.25) is 0 Å². The minimum absolute atomic E-state index is 0.189. The molecule has 1 heterocycles. The SMILES string of the molecule is COc1cc(OC)c(N)c(C(=O)OCc2ccc(Br)s2)c1. The van der Waals surface area contributed by atoms with Crippen molar-refractivity contribution in [2.24, 2.45) is 0 Å². The highest BCUT2D eigenvalue weighted by Gasteiger charge is 2.17. The number of ether oxygens (including phenoxy) is 3. The van der Waals surface area contributed by atoms with Gasteiger partial charge < -0.3 is 19.9 Å². The number of carbonyl (C=O) groups is 1. The third kappa shape index (κ3) is 3.68. The lowest BCUT2D eigenvalue weighted by Crippen LogP contribution is -2.09. The molecule has 0 aliphatic rings. The van der Waals surface area contributed by atoms with Gasteiger partial charge in [-0.2, -0.15) is 0 Å². The van der Waals surface area contributed by atoms with Crippen LogP contribution in [0, 0.1) is 0 Å². The van der Waals surface area contributed by atoms with Crippen molar-refractivity contribution in [2.45, 2.75) is 6.61 Å². The van der Waals surface area contributed by atoms with Gasteiger partial charge in [0.25, 0.3) is 0 Å². The van der Waals surface area contributed by atoms with E-state index in [-0.39, 0.29) is 17.9 Å². The first-order valence-electron chi connectivity index (χ1n) is 5.98. The van der Waals surface area contributed by atoms with Gasteiger partial charge in [-0.25, -0.2) is 4.79 Å². The number of esters is 1. The highest BCUT2D eigenvalue weighted by atomic mass is 79.9. The molecule has 0 saturated heterocycles. The number of carbonyl (C=O) groups excluding carboxylic acids is 1. The molecule has 2 rings (SSSR count). The summed E-state index contributed by atoms with van der Waals surface area (Å²) < 4.78 is 16.5. The summed E-state index contributed by atoms with van der Waals surface area (Å²) in [5.41, 5.74) is 6.36. The molecule has 2 N–H and O–H groups in total. The largest absolute Gasteiger partial charge is 0.497 e. The molecule has 7 heteroatoms. The fraction of sp³-hybridized carbons (Fsp3) is 0.214. The quantitative estimate of drug-likeness (QED) is 0.643. The molecule has 0 aliphatic heterocycles. The van der Waals surface area contributed by atoms with Crippen LogP contribution >= 0.6 is 27.3 Å². The molecule has 0 fully saturated rings. The van der Waals surface area contributed by atoms with Crippen LogP contribution in [0.5, 0.6) is 11.5 Å². The molecule has 0 saturated carbocycles. The Balaban J connectivity index is 2.18. The first-order valence-corrected chi connectivity index (χ1v) is 7.59. The van der Waals surface area contributed by atoms with E-state index in [2.05, 4.69) is 15.9 Å². The molecule has 0 spiro atoms. The molecule has 0 radical (unpaired) electrons. The first kappa shape index (κ1) is 15.7. The summed E-state index contributed by atoms with van der Waals surface area (Å²) in [6.45, 7) is 0.189. The van der Waals surface area contributed by atoms with Crippen LogP contribution < -0.4 is 15.2 Å². The summed E-state index contributed by atoms with van der Waals surface area (Å²) in [4.78, 5) is 13.1. The number of hydrogen-bond acceptors (Lipinski definition) is 6. The van der Waals surface area contributed by atoms with Crippen molar-refractivity contribution in [1.29, 1.82) is 0 Å². The molecule has 0 amide bonds. The summed E-state index contributed by atoms with van der Waals surface area (Å²) in [5, 5.41) is 0. The maximum atomic E-state index is 12.2. The molecule has 1 aromatic carbocycles. The molecule has 1 aromatic heterocycles. The molecular formula is C14H14BrNO4S. The highest BCUT2D eigenvalue weighted by molar-refractivity contribution is 9.11. The second-order valence-electron chi connectivity index (χ2n) is 4.07. The smallest absolute Gasteiger partial charge is 0.340 e. The molecule has 21 heavy (non-hydrogen) atoms. The maximum absolute atomic E-state index is 12.2. The number of halogens is 1. The van der Waals surface area contributed by atoms with E-state index in [0.29, 0.717) is 11.5 Å². The van der Waals surface area contributed by atoms with Gasteiger partial charge in [0.1, 0.15) is 18.1 Å². The number of thiophene rings is 1. The summed E-state index contributed by atoms with van der Waals surface area (Å²) in [6, 6.07) is 6.93. The van der Waals surface area contributed by atoms with Crippen molar-refractivity contribution >= 4 is 38.9 Å². The van der Waals surface area contributed by atoms with Gasteiger partial charge in [-0.15, -0.1) is 11.3 Å². The van der Waals surface area contributed by atoms with Crippen LogP contribution in [0.1, 0.15) is 15.2 Å². The van der Waals surface area contributed by atoms with Crippen molar-refractivity contribution in [3.63, 3.8) is 0 Å². The Hall–Kier alpha value is -1.73. The Bertz CT molecular complexity index is 656. The zero-order chi connectivity index (χ0) is 15.4. The van der Waals surface area contributed by atoms with Crippen LogP contribution in [0.2, 0.25) is 0 Å². The first-order chi connectivity index (χ1) is 10.0. The van der Waals surface area contributed by atoms with Crippen LogP contribution in [-0.4, -0.2) is 20.2 Å². The summed E-state index contributed by atoms with van der Waals surface area (Å²) in [7, 11) is 2.98. The number of benzene rings is 1. The van der Waals surface area contributed by atoms with Gasteiger partial charge in [0.05, 0.1) is 29.3 Å². The average Bonchev–Trinajstić information content (AvgIpc) is 2.90. The second kappa shape index (κ2) is 6.82. The van der Waals surface area contributed by atoms with Crippen molar-refractivity contribution < 1.29 is 19.0 Å². The molecule has 112 valence electrons. The topological polar surface area (TPSA) is 70.8 Å². The van der Waals surface area contributed by atoms with Crippen LogP contribution in [-0.2, 0) is 11.3 Å². The lowest BCUT2D eigenvalue weighted by Gasteiger charge is -2.12. The number of nitrogen functional groups attached to an aromatic ring is 1. The molecule has 5 nitrogen and oxygen atoms in total. The predicted octanol–water partition coefficient (Wildman–Crippen LogP) is 3.47. The highest BCUT2D eigenvalue weighted by Crippen LogP contribution is 2.32. The van der Waals surface area contributed by atoms with Gasteiger partial charge >= 0.3 is 5.97 Å². The van der Waals surface area contributed by atoms with E-state index < -0.39 is 5.97 Å². The van der Waals surface area contributed by atoms with Crippen LogP contribution in [0.25, 0.3) is 0 Å². The Morgan fingerprint density at radius 3 is 2.62 bits per heavy atom. The molecule has 0 bridgehead atoms. The average molecular weight is 372 g/mol. The standard InChI is InChI=1S/C14H14BrNO4S/c1-18-8-5-10(13(16)11(6-8)19-2)14(17)20-7-9-3-4-12(15)21-9/h3-6H,7,16H2,1-2H3. The van der Waals surface area contributed by atoms with Crippen molar-refractivity contribution in [3.05, 3.63) is 38.5 Å². The number of rotatable bonds is 5.